The number of rotatable bonds is 2. The van der Waals surface area contributed by atoms with Gasteiger partial charge in [0.1, 0.15) is 5.65 Å². The molecule has 0 amide bonds. The molecule has 0 aliphatic heterocycles. The normalized spacial score (nSPS) is 11.0. The van der Waals surface area contributed by atoms with Gasteiger partial charge in [-0.25, -0.2) is 4.98 Å². The zero-order chi connectivity index (χ0) is 15.8. The molecule has 0 fully saturated rings. The number of fused-ring (bicyclic) bond motifs is 1. The molecule has 0 spiro atoms. The largest absolute Gasteiger partial charge is 0.493 e. The quantitative estimate of drug-likeness (QED) is 0.596. The van der Waals surface area contributed by atoms with Crippen LogP contribution in [0.1, 0.15) is 0 Å². The Morgan fingerprint density at radius 3 is 2.57 bits per heavy atom. The summed E-state index contributed by atoms with van der Waals surface area (Å²) in [6.45, 7) is 0. The number of aromatic hydroxyl groups is 1. The van der Waals surface area contributed by atoms with Gasteiger partial charge in [0.15, 0.2) is 0 Å². The first-order chi connectivity index (χ1) is 11.2. The van der Waals surface area contributed by atoms with Gasteiger partial charge in [0.05, 0.1) is 11.9 Å². The van der Waals surface area contributed by atoms with Crippen molar-refractivity contribution in [3.05, 3.63) is 71.3 Å². The third-order valence-electron chi connectivity index (χ3n) is 3.64. The van der Waals surface area contributed by atoms with Gasteiger partial charge in [-0.2, -0.15) is 9.61 Å². The van der Waals surface area contributed by atoms with E-state index in [0.29, 0.717) is 5.65 Å². The molecule has 4 aromatic rings. The van der Waals surface area contributed by atoms with Gasteiger partial charge in [-0.1, -0.05) is 30.3 Å². The van der Waals surface area contributed by atoms with Gasteiger partial charge in [0, 0.05) is 29.5 Å². The van der Waals surface area contributed by atoms with Crippen molar-refractivity contribution in [3.63, 3.8) is 0 Å². The van der Waals surface area contributed by atoms with Crippen molar-refractivity contribution in [2.75, 3.05) is 0 Å². The van der Waals surface area contributed by atoms with Gasteiger partial charge in [-0.05, 0) is 11.6 Å². The zero-order valence-electron chi connectivity index (χ0n) is 12.0. The van der Waals surface area contributed by atoms with Crippen molar-refractivity contribution < 1.29 is 5.11 Å². The highest BCUT2D eigenvalue weighted by atomic mass is 16.3. The van der Waals surface area contributed by atoms with E-state index in [2.05, 4.69) is 15.1 Å². The summed E-state index contributed by atoms with van der Waals surface area (Å²) in [5.74, 6) is -0.0521. The summed E-state index contributed by atoms with van der Waals surface area (Å²) in [5.41, 5.74) is 3.52. The summed E-state index contributed by atoms with van der Waals surface area (Å²) in [5, 5.41) is 13.4. The van der Waals surface area contributed by atoms with E-state index < -0.39 is 0 Å². The van der Waals surface area contributed by atoms with Crippen LogP contribution in [0.5, 0.6) is 5.88 Å². The van der Waals surface area contributed by atoms with E-state index in [-0.39, 0.29) is 11.4 Å². The number of benzene rings is 1. The van der Waals surface area contributed by atoms with Gasteiger partial charge in [-0.3, -0.25) is 4.79 Å². The number of H-pyrrole nitrogens is 1. The number of nitrogens with zero attached hydrogens (tertiary/aromatic N) is 3. The molecule has 4 rings (SSSR count). The fourth-order valence-corrected chi connectivity index (χ4v) is 2.51. The molecule has 0 aliphatic carbocycles. The lowest BCUT2D eigenvalue weighted by molar-refractivity contribution is 0.453. The first-order valence-corrected chi connectivity index (χ1v) is 7.04. The van der Waals surface area contributed by atoms with E-state index >= 15 is 0 Å². The van der Waals surface area contributed by atoms with Crippen molar-refractivity contribution in [1.82, 2.24) is 19.6 Å². The topological polar surface area (TPSA) is 83.3 Å². The highest BCUT2D eigenvalue weighted by Crippen LogP contribution is 2.24. The molecule has 23 heavy (non-hydrogen) atoms. The monoisotopic (exact) mass is 304 g/mol. The number of aromatic amines is 1. The van der Waals surface area contributed by atoms with Crippen LogP contribution in [-0.4, -0.2) is 24.7 Å². The fraction of sp³-hybridized carbons (Fsp3) is 0. The van der Waals surface area contributed by atoms with Crippen LogP contribution in [-0.2, 0) is 0 Å². The highest BCUT2D eigenvalue weighted by Gasteiger charge is 2.11. The number of pyridine rings is 1. The molecule has 0 saturated heterocycles. The third kappa shape index (κ3) is 2.26. The second kappa shape index (κ2) is 5.10. The molecule has 2 N–H and O–H groups in total. The van der Waals surface area contributed by atoms with E-state index in [9.17, 15) is 9.90 Å². The Labute approximate surface area is 130 Å². The van der Waals surface area contributed by atoms with Crippen molar-refractivity contribution in [1.29, 1.82) is 0 Å². The predicted molar refractivity (Wildman–Crippen MR) is 86.1 cm³/mol. The minimum absolute atomic E-state index is 0.0521. The maximum Gasteiger partial charge on any atom is 0.274 e. The Bertz CT molecular complexity index is 1030. The molecule has 3 heterocycles. The summed E-state index contributed by atoms with van der Waals surface area (Å²) >= 11 is 0. The molecule has 0 bridgehead atoms. The van der Waals surface area contributed by atoms with Crippen molar-refractivity contribution in [2.45, 2.75) is 0 Å². The summed E-state index contributed by atoms with van der Waals surface area (Å²) in [6.07, 6.45) is 3.15. The van der Waals surface area contributed by atoms with Crippen molar-refractivity contribution in [3.8, 4) is 28.3 Å². The maximum atomic E-state index is 12.3. The lowest BCUT2D eigenvalue weighted by atomic mass is 10.1. The van der Waals surface area contributed by atoms with E-state index in [0.717, 1.165) is 22.4 Å². The molecule has 3 aromatic heterocycles. The number of aromatic nitrogens is 4. The maximum absolute atomic E-state index is 12.3. The third-order valence-corrected chi connectivity index (χ3v) is 3.64. The van der Waals surface area contributed by atoms with E-state index in [4.69, 9.17) is 0 Å². The molecule has 1 aromatic carbocycles. The molecular formula is C17H12N4O2. The molecule has 0 unspecified atom stereocenters. The fourth-order valence-electron chi connectivity index (χ4n) is 2.51. The molecule has 112 valence electrons. The molecule has 6 heteroatoms. The van der Waals surface area contributed by atoms with E-state index in [1.807, 2.05) is 30.3 Å². The zero-order valence-corrected chi connectivity index (χ0v) is 12.0. The Morgan fingerprint density at radius 1 is 1.00 bits per heavy atom. The van der Waals surface area contributed by atoms with Gasteiger partial charge in [-0.15, -0.1) is 0 Å². The second-order valence-electron chi connectivity index (χ2n) is 5.11. The minimum Gasteiger partial charge on any atom is -0.493 e. The van der Waals surface area contributed by atoms with Crippen LogP contribution < -0.4 is 5.56 Å². The van der Waals surface area contributed by atoms with Crippen molar-refractivity contribution >= 4 is 5.65 Å². The van der Waals surface area contributed by atoms with E-state index in [1.165, 1.54) is 16.6 Å². The van der Waals surface area contributed by atoms with E-state index in [1.54, 1.807) is 18.5 Å². The van der Waals surface area contributed by atoms with Crippen LogP contribution in [0.4, 0.5) is 0 Å². The smallest absolute Gasteiger partial charge is 0.274 e. The summed E-state index contributed by atoms with van der Waals surface area (Å²) in [7, 11) is 0. The van der Waals surface area contributed by atoms with Gasteiger partial charge in [0.25, 0.3) is 5.56 Å². The Kier molecular flexibility index (Phi) is 2.94. The van der Waals surface area contributed by atoms with Crippen LogP contribution >= 0.6 is 0 Å². The SMILES string of the molecule is O=c1cc(-c2ccccc2)[nH]c2c(-c3ccc(O)nc3)cnn12. The molecule has 0 radical (unpaired) electrons. The van der Waals surface area contributed by atoms with Crippen LogP contribution in [0.2, 0.25) is 0 Å². The Balaban J connectivity index is 1.96. The number of hydrogen-bond donors (Lipinski definition) is 2. The van der Waals surface area contributed by atoms with Crippen LogP contribution in [0.15, 0.2) is 65.7 Å². The second-order valence-corrected chi connectivity index (χ2v) is 5.11. The number of hydrogen-bond acceptors (Lipinski definition) is 4. The Morgan fingerprint density at radius 2 is 1.83 bits per heavy atom. The molecule has 0 aliphatic rings. The Hall–Kier alpha value is -3.41. The van der Waals surface area contributed by atoms with Crippen LogP contribution in [0.3, 0.4) is 0 Å². The average Bonchev–Trinajstić information content (AvgIpc) is 3.01. The highest BCUT2D eigenvalue weighted by molar-refractivity contribution is 5.78. The van der Waals surface area contributed by atoms with Crippen molar-refractivity contribution in [2.24, 2.45) is 0 Å². The van der Waals surface area contributed by atoms with Crippen LogP contribution in [0.25, 0.3) is 28.0 Å². The summed E-state index contributed by atoms with van der Waals surface area (Å²) in [4.78, 5) is 19.4. The van der Waals surface area contributed by atoms with Gasteiger partial charge < -0.3 is 10.1 Å². The minimum atomic E-state index is -0.212. The molecule has 6 nitrogen and oxygen atoms in total. The lowest BCUT2D eigenvalue weighted by Gasteiger charge is -2.04. The van der Waals surface area contributed by atoms with Gasteiger partial charge >= 0.3 is 0 Å². The molecule has 0 atom stereocenters. The molecule has 0 saturated carbocycles. The first-order valence-electron chi connectivity index (χ1n) is 7.04. The first kappa shape index (κ1) is 13.3. The number of nitrogens with one attached hydrogen (secondary N) is 1. The lowest BCUT2D eigenvalue weighted by Crippen LogP contribution is -2.14. The average molecular weight is 304 g/mol. The standard InChI is InChI=1S/C17H12N4O2/c22-15-7-6-12(9-18-15)13-10-19-21-16(23)8-14(20-17(13)21)11-4-2-1-3-5-11/h1-10,20H,(H,18,22). The summed E-state index contributed by atoms with van der Waals surface area (Å²) < 4.78 is 1.31. The summed E-state index contributed by atoms with van der Waals surface area (Å²) in [6, 6.07) is 14.4. The van der Waals surface area contributed by atoms with Gasteiger partial charge in [0.2, 0.25) is 5.88 Å². The molecular weight excluding hydrogens is 292 g/mol. The van der Waals surface area contributed by atoms with Crippen LogP contribution in [0, 0.1) is 0 Å². The predicted octanol–water partition coefficient (Wildman–Crippen LogP) is 2.46.